The van der Waals surface area contributed by atoms with Crippen LogP contribution in [0.4, 0.5) is 0 Å². The van der Waals surface area contributed by atoms with Crippen LogP contribution in [0.2, 0.25) is 0 Å². The van der Waals surface area contributed by atoms with Gasteiger partial charge in [0.05, 0.1) is 0 Å². The van der Waals surface area contributed by atoms with Crippen molar-refractivity contribution in [2.75, 3.05) is 0 Å². The summed E-state index contributed by atoms with van der Waals surface area (Å²) < 4.78 is 6.54. The Kier molecular flexibility index (Phi) is 6.43. The molecule has 0 aliphatic heterocycles. The zero-order valence-electron chi connectivity index (χ0n) is 25.3. The van der Waals surface area contributed by atoms with Crippen molar-refractivity contribution in [2.45, 2.75) is 0 Å². The quantitative estimate of drug-likeness (QED) is 0.197. The van der Waals surface area contributed by atoms with Crippen molar-refractivity contribution in [1.82, 2.24) is 15.0 Å². The molecular formula is C43H27N3O. The summed E-state index contributed by atoms with van der Waals surface area (Å²) in [4.78, 5) is 15.3. The molecule has 0 saturated heterocycles. The predicted octanol–water partition coefficient (Wildman–Crippen LogP) is 11.3. The zero-order valence-corrected chi connectivity index (χ0v) is 25.3. The van der Waals surface area contributed by atoms with Crippen molar-refractivity contribution in [3.05, 3.63) is 164 Å². The van der Waals surface area contributed by atoms with Gasteiger partial charge in [0.15, 0.2) is 17.5 Å². The molecule has 0 aliphatic rings. The summed E-state index contributed by atoms with van der Waals surface area (Å²) in [5.74, 6) is 1.87. The average molecular weight is 602 g/mol. The normalized spacial score (nSPS) is 11.4. The molecular weight excluding hydrogens is 574 g/mol. The van der Waals surface area contributed by atoms with Gasteiger partial charge in [0, 0.05) is 32.8 Å². The third-order valence-corrected chi connectivity index (χ3v) is 8.72. The fourth-order valence-electron chi connectivity index (χ4n) is 6.40. The summed E-state index contributed by atoms with van der Waals surface area (Å²) in [5.41, 5.74) is 9.06. The van der Waals surface area contributed by atoms with Crippen LogP contribution in [-0.2, 0) is 0 Å². The van der Waals surface area contributed by atoms with Crippen LogP contribution < -0.4 is 0 Å². The van der Waals surface area contributed by atoms with Gasteiger partial charge in [0.25, 0.3) is 0 Å². The monoisotopic (exact) mass is 601 g/mol. The Morgan fingerprint density at radius 2 is 0.851 bits per heavy atom. The molecule has 7 aromatic carbocycles. The highest BCUT2D eigenvalue weighted by molar-refractivity contribution is 6.19. The van der Waals surface area contributed by atoms with Gasteiger partial charge < -0.3 is 4.42 Å². The van der Waals surface area contributed by atoms with E-state index >= 15 is 0 Å². The first-order valence-electron chi connectivity index (χ1n) is 15.7. The van der Waals surface area contributed by atoms with E-state index in [0.717, 1.165) is 71.7 Å². The summed E-state index contributed by atoms with van der Waals surface area (Å²) >= 11 is 0. The Hall–Kier alpha value is -6.39. The number of hydrogen-bond acceptors (Lipinski definition) is 4. The number of aromatic nitrogens is 3. The van der Waals surface area contributed by atoms with Gasteiger partial charge in [-0.05, 0) is 51.9 Å². The highest BCUT2D eigenvalue weighted by atomic mass is 16.3. The Morgan fingerprint density at radius 3 is 1.55 bits per heavy atom. The first-order chi connectivity index (χ1) is 23.3. The van der Waals surface area contributed by atoms with Crippen molar-refractivity contribution in [2.24, 2.45) is 0 Å². The molecule has 4 nitrogen and oxygen atoms in total. The van der Waals surface area contributed by atoms with Crippen LogP contribution in [0.1, 0.15) is 0 Å². The molecule has 0 radical (unpaired) electrons. The SMILES string of the molecule is c1ccc(-c2cccc(-c3nc(-c4ccccc4)nc(-c4cc5c6cc(-c7ccccc7)ccc6oc5c5ccccc45)n3)c2)cc1. The van der Waals surface area contributed by atoms with E-state index in [1.54, 1.807) is 0 Å². The van der Waals surface area contributed by atoms with E-state index in [9.17, 15) is 0 Å². The number of benzene rings is 7. The second-order valence-electron chi connectivity index (χ2n) is 11.6. The van der Waals surface area contributed by atoms with Gasteiger partial charge in [-0.1, -0.05) is 140 Å². The smallest absolute Gasteiger partial charge is 0.164 e. The molecule has 2 aromatic heterocycles. The second kappa shape index (κ2) is 11.2. The molecule has 9 rings (SSSR count). The molecule has 2 heterocycles. The lowest BCUT2D eigenvalue weighted by molar-refractivity contribution is 0.673. The minimum Gasteiger partial charge on any atom is -0.455 e. The Bertz CT molecular complexity index is 2560. The maximum atomic E-state index is 6.54. The molecule has 0 amide bonds. The highest BCUT2D eigenvalue weighted by Crippen LogP contribution is 2.40. The predicted molar refractivity (Wildman–Crippen MR) is 192 cm³/mol. The standard InChI is InChI=1S/C43H27N3O/c1-4-13-28(14-5-1)31-19-12-20-33(25-31)42-44-41(30-17-8-3-9-18-30)45-43(46-42)38-27-37-36-26-32(29-15-6-2-7-16-29)23-24-39(36)47-40(37)35-22-11-10-21-34(35)38/h1-27H. The van der Waals surface area contributed by atoms with E-state index in [1.807, 2.05) is 42.5 Å². The van der Waals surface area contributed by atoms with Crippen LogP contribution >= 0.6 is 0 Å². The number of nitrogens with zero attached hydrogens (tertiary/aromatic N) is 3. The van der Waals surface area contributed by atoms with Gasteiger partial charge >= 0.3 is 0 Å². The summed E-state index contributed by atoms with van der Waals surface area (Å²) in [6.07, 6.45) is 0. The molecule has 0 saturated carbocycles. The molecule has 4 heteroatoms. The van der Waals surface area contributed by atoms with Crippen LogP contribution in [-0.4, -0.2) is 15.0 Å². The number of rotatable bonds is 5. The zero-order chi connectivity index (χ0) is 31.2. The number of furan rings is 1. The van der Waals surface area contributed by atoms with Crippen molar-refractivity contribution < 1.29 is 4.42 Å². The van der Waals surface area contributed by atoms with Crippen LogP contribution in [0, 0.1) is 0 Å². The summed E-state index contributed by atoms with van der Waals surface area (Å²) in [6, 6.07) is 56.3. The first kappa shape index (κ1) is 27.0. The van der Waals surface area contributed by atoms with Gasteiger partial charge in [-0.15, -0.1) is 0 Å². The van der Waals surface area contributed by atoms with E-state index in [2.05, 4.69) is 121 Å². The Balaban J connectivity index is 1.29. The maximum absolute atomic E-state index is 6.54. The van der Waals surface area contributed by atoms with Crippen LogP contribution in [0.15, 0.2) is 168 Å². The number of hydrogen-bond donors (Lipinski definition) is 0. The minimum absolute atomic E-state index is 0.616. The summed E-state index contributed by atoms with van der Waals surface area (Å²) in [7, 11) is 0. The molecule has 220 valence electrons. The van der Waals surface area contributed by atoms with Crippen LogP contribution in [0.5, 0.6) is 0 Å². The molecule has 47 heavy (non-hydrogen) atoms. The molecule has 0 bridgehead atoms. The van der Waals surface area contributed by atoms with Crippen LogP contribution in [0.25, 0.3) is 89.1 Å². The lowest BCUT2D eigenvalue weighted by Gasteiger charge is -2.11. The van der Waals surface area contributed by atoms with Gasteiger partial charge in [0.2, 0.25) is 0 Å². The molecule has 0 fully saturated rings. The molecule has 0 atom stereocenters. The van der Waals surface area contributed by atoms with E-state index in [-0.39, 0.29) is 0 Å². The second-order valence-corrected chi connectivity index (χ2v) is 11.6. The lowest BCUT2D eigenvalue weighted by atomic mass is 9.98. The van der Waals surface area contributed by atoms with Gasteiger partial charge in [-0.2, -0.15) is 0 Å². The van der Waals surface area contributed by atoms with Crippen molar-refractivity contribution in [1.29, 1.82) is 0 Å². The fourth-order valence-corrected chi connectivity index (χ4v) is 6.40. The summed E-state index contributed by atoms with van der Waals surface area (Å²) in [5, 5.41) is 4.13. The van der Waals surface area contributed by atoms with E-state index < -0.39 is 0 Å². The maximum Gasteiger partial charge on any atom is 0.164 e. The topological polar surface area (TPSA) is 51.8 Å². The van der Waals surface area contributed by atoms with E-state index in [1.165, 1.54) is 0 Å². The van der Waals surface area contributed by atoms with Gasteiger partial charge in [-0.25, -0.2) is 15.0 Å². The Morgan fingerprint density at radius 1 is 0.319 bits per heavy atom. The molecule has 0 aliphatic carbocycles. The third kappa shape index (κ3) is 4.84. The average Bonchev–Trinajstić information content (AvgIpc) is 3.53. The fraction of sp³-hybridized carbons (Fsp3) is 0. The van der Waals surface area contributed by atoms with Crippen LogP contribution in [0.3, 0.4) is 0 Å². The lowest BCUT2D eigenvalue weighted by Crippen LogP contribution is -2.00. The number of fused-ring (bicyclic) bond motifs is 5. The minimum atomic E-state index is 0.616. The van der Waals surface area contributed by atoms with E-state index in [0.29, 0.717) is 17.5 Å². The highest BCUT2D eigenvalue weighted by Gasteiger charge is 2.19. The van der Waals surface area contributed by atoms with Gasteiger partial charge in [0.1, 0.15) is 11.2 Å². The largest absolute Gasteiger partial charge is 0.455 e. The third-order valence-electron chi connectivity index (χ3n) is 8.72. The molecule has 0 spiro atoms. The van der Waals surface area contributed by atoms with E-state index in [4.69, 9.17) is 19.4 Å². The van der Waals surface area contributed by atoms with Crippen molar-refractivity contribution in [3.8, 4) is 56.4 Å². The Labute approximate surface area is 271 Å². The van der Waals surface area contributed by atoms with Crippen molar-refractivity contribution >= 4 is 32.7 Å². The first-order valence-corrected chi connectivity index (χ1v) is 15.7. The van der Waals surface area contributed by atoms with Crippen molar-refractivity contribution in [3.63, 3.8) is 0 Å². The molecule has 0 unspecified atom stereocenters. The molecule has 9 aromatic rings. The summed E-state index contributed by atoms with van der Waals surface area (Å²) in [6.45, 7) is 0. The van der Waals surface area contributed by atoms with Gasteiger partial charge in [-0.3, -0.25) is 0 Å². The molecule has 0 N–H and O–H groups in total.